The second-order valence-corrected chi connectivity index (χ2v) is 5.31. The Hall–Kier alpha value is -0.120. The molecule has 0 aromatic heterocycles. The summed E-state index contributed by atoms with van der Waals surface area (Å²) in [6.45, 7) is 7.18. The van der Waals surface area contributed by atoms with Crippen LogP contribution in [0.15, 0.2) is 0 Å². The summed E-state index contributed by atoms with van der Waals surface area (Å²) in [6.07, 6.45) is 5.40. The molecular weight excluding hydrogens is 188 g/mol. The molecule has 15 heavy (non-hydrogen) atoms. The Morgan fingerprint density at radius 3 is 2.73 bits per heavy atom. The van der Waals surface area contributed by atoms with Crippen molar-refractivity contribution in [1.29, 1.82) is 0 Å². The highest BCUT2D eigenvalue weighted by atomic mass is 16.5. The van der Waals surface area contributed by atoms with Gasteiger partial charge in [0.15, 0.2) is 0 Å². The van der Waals surface area contributed by atoms with Gasteiger partial charge in [-0.25, -0.2) is 0 Å². The molecule has 2 N–H and O–H groups in total. The van der Waals surface area contributed by atoms with E-state index in [1.165, 1.54) is 32.2 Å². The van der Waals surface area contributed by atoms with Crippen molar-refractivity contribution >= 4 is 0 Å². The van der Waals surface area contributed by atoms with Gasteiger partial charge in [0.2, 0.25) is 0 Å². The second-order valence-electron chi connectivity index (χ2n) is 5.31. The van der Waals surface area contributed by atoms with Crippen LogP contribution in [0.25, 0.3) is 0 Å². The van der Waals surface area contributed by atoms with E-state index in [0.717, 1.165) is 26.3 Å². The van der Waals surface area contributed by atoms with Crippen molar-refractivity contribution in [1.82, 2.24) is 4.90 Å². The lowest BCUT2D eigenvalue weighted by Crippen LogP contribution is -2.50. The van der Waals surface area contributed by atoms with Crippen LogP contribution in [-0.4, -0.2) is 43.8 Å². The Labute approximate surface area is 93.0 Å². The molecule has 1 atom stereocenters. The molecule has 0 spiro atoms. The van der Waals surface area contributed by atoms with Gasteiger partial charge in [0.25, 0.3) is 0 Å². The van der Waals surface area contributed by atoms with Crippen LogP contribution in [0, 0.1) is 5.41 Å². The fourth-order valence-electron chi connectivity index (χ4n) is 2.98. The molecule has 1 heterocycles. The van der Waals surface area contributed by atoms with Crippen LogP contribution in [0.2, 0.25) is 0 Å². The van der Waals surface area contributed by atoms with Crippen LogP contribution in [-0.2, 0) is 4.74 Å². The molecule has 0 amide bonds. The minimum absolute atomic E-state index is 0.422. The van der Waals surface area contributed by atoms with E-state index in [1.807, 2.05) is 0 Å². The third-order valence-corrected chi connectivity index (χ3v) is 4.14. The quantitative estimate of drug-likeness (QED) is 0.764. The zero-order valence-electron chi connectivity index (χ0n) is 9.87. The van der Waals surface area contributed by atoms with E-state index in [2.05, 4.69) is 11.8 Å². The average molecular weight is 212 g/mol. The van der Waals surface area contributed by atoms with Gasteiger partial charge in [-0.3, -0.25) is 4.90 Å². The van der Waals surface area contributed by atoms with Crippen molar-refractivity contribution in [3.05, 3.63) is 0 Å². The number of nitrogens with two attached hydrogens (primary N) is 1. The van der Waals surface area contributed by atoms with E-state index >= 15 is 0 Å². The van der Waals surface area contributed by atoms with Crippen LogP contribution < -0.4 is 5.73 Å². The lowest BCUT2D eigenvalue weighted by molar-refractivity contribution is -0.0187. The molecule has 1 saturated carbocycles. The van der Waals surface area contributed by atoms with Gasteiger partial charge in [0.05, 0.1) is 13.2 Å². The van der Waals surface area contributed by atoms with Crippen LogP contribution in [0.1, 0.15) is 32.6 Å². The summed E-state index contributed by atoms with van der Waals surface area (Å²) < 4.78 is 5.47. The molecule has 0 bridgehead atoms. The number of morpholine rings is 1. The Balaban J connectivity index is 1.93. The molecule has 0 aromatic rings. The first-order chi connectivity index (χ1) is 7.26. The van der Waals surface area contributed by atoms with E-state index in [1.54, 1.807) is 0 Å². The topological polar surface area (TPSA) is 38.5 Å². The van der Waals surface area contributed by atoms with E-state index < -0.39 is 0 Å². The van der Waals surface area contributed by atoms with Crippen molar-refractivity contribution in [3.8, 4) is 0 Å². The molecule has 1 aliphatic heterocycles. The molecule has 1 aliphatic carbocycles. The summed E-state index contributed by atoms with van der Waals surface area (Å²) in [4.78, 5) is 2.57. The summed E-state index contributed by atoms with van der Waals surface area (Å²) in [6, 6.07) is 0.572. The Bertz CT molecular complexity index is 202. The zero-order valence-corrected chi connectivity index (χ0v) is 9.87. The zero-order chi connectivity index (χ0) is 10.7. The maximum atomic E-state index is 5.97. The van der Waals surface area contributed by atoms with Crippen molar-refractivity contribution < 1.29 is 4.74 Å². The van der Waals surface area contributed by atoms with Crippen LogP contribution >= 0.6 is 0 Å². The molecular formula is C12H24N2O. The first-order valence-electron chi connectivity index (χ1n) is 6.28. The SMILES string of the molecule is CC1COCCN1CC1(CN)CCCC1. The molecule has 1 saturated heterocycles. The fraction of sp³-hybridized carbons (Fsp3) is 1.00. The summed E-state index contributed by atoms with van der Waals surface area (Å²) in [5.74, 6) is 0. The molecule has 3 nitrogen and oxygen atoms in total. The van der Waals surface area contributed by atoms with Crippen molar-refractivity contribution in [2.75, 3.05) is 32.8 Å². The maximum Gasteiger partial charge on any atom is 0.0619 e. The fourth-order valence-corrected chi connectivity index (χ4v) is 2.98. The first-order valence-corrected chi connectivity index (χ1v) is 6.28. The van der Waals surface area contributed by atoms with Gasteiger partial charge in [-0.1, -0.05) is 12.8 Å². The van der Waals surface area contributed by atoms with Gasteiger partial charge in [-0.15, -0.1) is 0 Å². The van der Waals surface area contributed by atoms with Crippen LogP contribution in [0.3, 0.4) is 0 Å². The lowest BCUT2D eigenvalue weighted by atomic mass is 9.85. The van der Waals surface area contributed by atoms with E-state index in [-0.39, 0.29) is 0 Å². The molecule has 0 aromatic carbocycles. The Morgan fingerprint density at radius 1 is 1.40 bits per heavy atom. The third kappa shape index (κ3) is 2.52. The number of ether oxygens (including phenoxy) is 1. The van der Waals surface area contributed by atoms with Crippen LogP contribution in [0.5, 0.6) is 0 Å². The number of rotatable bonds is 3. The molecule has 1 unspecified atom stereocenters. The highest BCUT2D eigenvalue weighted by Gasteiger charge is 2.35. The summed E-state index contributed by atoms with van der Waals surface area (Å²) in [7, 11) is 0. The standard InChI is InChI=1S/C12H24N2O/c1-11-8-15-7-6-14(11)10-12(9-13)4-2-3-5-12/h11H,2-10,13H2,1H3. The molecule has 3 heteroatoms. The molecule has 88 valence electrons. The lowest BCUT2D eigenvalue weighted by Gasteiger charge is -2.40. The number of nitrogens with zero attached hydrogens (tertiary/aromatic N) is 1. The highest BCUT2D eigenvalue weighted by molar-refractivity contribution is 4.90. The van der Waals surface area contributed by atoms with Gasteiger partial charge in [-0.2, -0.15) is 0 Å². The van der Waals surface area contributed by atoms with Gasteiger partial charge in [0.1, 0.15) is 0 Å². The first kappa shape index (κ1) is 11.4. The molecule has 2 aliphatic rings. The molecule has 0 radical (unpaired) electrons. The predicted molar refractivity (Wildman–Crippen MR) is 61.8 cm³/mol. The number of hydrogen-bond acceptors (Lipinski definition) is 3. The molecule has 2 rings (SSSR count). The Morgan fingerprint density at radius 2 is 2.13 bits per heavy atom. The maximum absolute atomic E-state index is 5.97. The largest absolute Gasteiger partial charge is 0.379 e. The highest BCUT2D eigenvalue weighted by Crippen LogP contribution is 2.38. The summed E-state index contributed by atoms with van der Waals surface area (Å²) in [5.41, 5.74) is 6.40. The van der Waals surface area contributed by atoms with E-state index in [0.29, 0.717) is 11.5 Å². The predicted octanol–water partition coefficient (Wildman–Crippen LogP) is 1.23. The van der Waals surface area contributed by atoms with E-state index in [9.17, 15) is 0 Å². The van der Waals surface area contributed by atoms with Gasteiger partial charge < -0.3 is 10.5 Å². The smallest absolute Gasteiger partial charge is 0.0619 e. The number of hydrogen-bond donors (Lipinski definition) is 1. The van der Waals surface area contributed by atoms with E-state index in [4.69, 9.17) is 10.5 Å². The summed E-state index contributed by atoms with van der Waals surface area (Å²) in [5, 5.41) is 0. The van der Waals surface area contributed by atoms with Gasteiger partial charge >= 0.3 is 0 Å². The van der Waals surface area contributed by atoms with Crippen LogP contribution in [0.4, 0.5) is 0 Å². The third-order valence-electron chi connectivity index (χ3n) is 4.14. The summed E-state index contributed by atoms with van der Waals surface area (Å²) >= 11 is 0. The minimum Gasteiger partial charge on any atom is -0.379 e. The second kappa shape index (κ2) is 4.81. The van der Waals surface area contributed by atoms with Crippen molar-refractivity contribution in [2.45, 2.75) is 38.6 Å². The minimum atomic E-state index is 0.422. The average Bonchev–Trinajstić information content (AvgIpc) is 2.71. The van der Waals surface area contributed by atoms with Gasteiger partial charge in [-0.05, 0) is 31.7 Å². The van der Waals surface area contributed by atoms with Crippen molar-refractivity contribution in [2.24, 2.45) is 11.1 Å². The monoisotopic (exact) mass is 212 g/mol. The normalized spacial score (nSPS) is 32.0. The molecule has 2 fully saturated rings. The Kier molecular flexibility index (Phi) is 3.65. The van der Waals surface area contributed by atoms with Crippen molar-refractivity contribution in [3.63, 3.8) is 0 Å². The van der Waals surface area contributed by atoms with Gasteiger partial charge in [0, 0.05) is 19.1 Å².